The first-order valence-corrected chi connectivity index (χ1v) is 34.1. The SMILES string of the molecule is CC/C=C\C/C=C\C/C=C\C/C=C\C/C=C\C/C=C\CCCCCCCCCCCCCCCCCCC(=O)OC(COC(=O)CCCCCCCCCCCCCCCCCCCCCCC)COC(OCC[N+](C)(C)C)C(=O)O. The molecule has 0 amide bonds. The molecule has 0 aromatic heterocycles. The number of quaternary nitrogens is 1. The fourth-order valence-electron chi connectivity index (χ4n) is 9.79. The predicted molar refractivity (Wildman–Crippen MR) is 346 cm³/mol. The van der Waals surface area contributed by atoms with Crippen molar-refractivity contribution in [3.63, 3.8) is 0 Å². The zero-order valence-corrected chi connectivity index (χ0v) is 53.7. The normalized spacial score (nSPS) is 13.1. The number of carbonyl (C=O) groups is 3. The summed E-state index contributed by atoms with van der Waals surface area (Å²) in [6, 6.07) is 0. The maximum atomic E-state index is 12.9. The van der Waals surface area contributed by atoms with E-state index in [-0.39, 0.29) is 32.2 Å². The molecule has 0 spiro atoms. The van der Waals surface area contributed by atoms with Crippen LogP contribution in [0.4, 0.5) is 0 Å². The number of carboxylic acids is 1. The van der Waals surface area contributed by atoms with Crippen LogP contribution in [0.25, 0.3) is 0 Å². The summed E-state index contributed by atoms with van der Waals surface area (Å²) >= 11 is 0. The van der Waals surface area contributed by atoms with Gasteiger partial charge in [-0.05, 0) is 64.2 Å². The number of ether oxygens (including phenoxy) is 4. The molecule has 2 atom stereocenters. The molecule has 1 N–H and O–H groups in total. The number of carbonyl (C=O) groups excluding carboxylic acids is 2. The fraction of sp³-hybridized carbons (Fsp3) is 0.792. The molecule has 0 saturated carbocycles. The first-order chi connectivity index (χ1) is 39.6. The monoisotopic (exact) mass is 1140 g/mol. The summed E-state index contributed by atoms with van der Waals surface area (Å²) in [4.78, 5) is 37.6. The van der Waals surface area contributed by atoms with E-state index < -0.39 is 24.3 Å². The first kappa shape index (κ1) is 77.7. The number of aliphatic carboxylic acids is 1. The first-order valence-electron chi connectivity index (χ1n) is 34.1. The fourth-order valence-corrected chi connectivity index (χ4v) is 9.79. The average Bonchev–Trinajstić information content (AvgIpc) is 3.44. The minimum Gasteiger partial charge on any atom is -0.477 e. The van der Waals surface area contributed by atoms with E-state index in [4.69, 9.17) is 18.9 Å². The van der Waals surface area contributed by atoms with Crippen LogP contribution in [0.5, 0.6) is 0 Å². The summed E-state index contributed by atoms with van der Waals surface area (Å²) in [7, 11) is 5.98. The number of allylic oxidation sites excluding steroid dienone is 12. The summed E-state index contributed by atoms with van der Waals surface area (Å²) in [5.41, 5.74) is 0. The standard InChI is InChI=1S/C72H129NO8/c1-6-8-10-12-14-16-18-20-22-24-26-28-29-30-31-32-33-34-35-36-37-38-39-40-41-43-45-47-49-51-53-55-57-59-61-63-70(75)81-68(67-80-72(71(76)77)78-65-64-73(3,4)5)66-79-69(74)62-60-58-56-54-52-50-48-46-44-42-27-25-23-21-19-17-15-13-11-9-7-2/h8,10,14,16,20,22,26,28,30-31,33-34,68,72H,6-7,9,11-13,15,17-19,21,23-25,27,29,32,35-67H2,1-5H3/p+1/b10-8-,16-14-,22-20-,28-26-,31-30-,34-33-. The van der Waals surface area contributed by atoms with Gasteiger partial charge in [0.1, 0.15) is 13.2 Å². The van der Waals surface area contributed by atoms with Gasteiger partial charge < -0.3 is 28.5 Å². The Morgan fingerprint density at radius 1 is 0.383 bits per heavy atom. The van der Waals surface area contributed by atoms with Crippen molar-refractivity contribution in [3.8, 4) is 0 Å². The highest BCUT2D eigenvalue weighted by molar-refractivity contribution is 5.71. The van der Waals surface area contributed by atoms with Crippen LogP contribution in [0, 0.1) is 0 Å². The second-order valence-electron chi connectivity index (χ2n) is 24.1. The zero-order chi connectivity index (χ0) is 59.1. The molecule has 0 aromatic rings. The van der Waals surface area contributed by atoms with Crippen molar-refractivity contribution in [3.05, 3.63) is 72.9 Å². The molecule has 0 radical (unpaired) electrons. The third kappa shape index (κ3) is 64.1. The molecule has 9 heteroatoms. The highest BCUT2D eigenvalue weighted by Crippen LogP contribution is 2.18. The van der Waals surface area contributed by atoms with Crippen LogP contribution in [0.2, 0.25) is 0 Å². The van der Waals surface area contributed by atoms with Gasteiger partial charge in [-0.1, -0.05) is 305 Å². The highest BCUT2D eigenvalue weighted by Gasteiger charge is 2.25. The summed E-state index contributed by atoms with van der Waals surface area (Å²) in [5, 5.41) is 9.74. The summed E-state index contributed by atoms with van der Waals surface area (Å²) in [6.45, 7) is 4.81. The van der Waals surface area contributed by atoms with Gasteiger partial charge in [0.05, 0.1) is 34.4 Å². The molecular formula is C72H130NO8+. The van der Waals surface area contributed by atoms with Gasteiger partial charge in [-0.15, -0.1) is 0 Å². The van der Waals surface area contributed by atoms with Crippen LogP contribution < -0.4 is 0 Å². The van der Waals surface area contributed by atoms with Crippen LogP contribution in [0.1, 0.15) is 309 Å². The molecule has 0 heterocycles. The second kappa shape index (κ2) is 62.8. The van der Waals surface area contributed by atoms with E-state index in [2.05, 4.69) is 86.8 Å². The average molecular weight is 1140 g/mol. The maximum Gasteiger partial charge on any atom is 0.361 e. The van der Waals surface area contributed by atoms with Crippen molar-refractivity contribution in [1.29, 1.82) is 0 Å². The number of nitrogens with zero attached hydrogens (tertiary/aromatic N) is 1. The van der Waals surface area contributed by atoms with Crippen LogP contribution in [0.3, 0.4) is 0 Å². The molecule has 9 nitrogen and oxygen atoms in total. The number of unbranched alkanes of at least 4 members (excludes halogenated alkanes) is 36. The minimum atomic E-state index is -1.51. The molecule has 0 aromatic carbocycles. The lowest BCUT2D eigenvalue weighted by Gasteiger charge is -2.25. The Labute approximate surface area is 500 Å². The summed E-state index contributed by atoms with van der Waals surface area (Å²) in [6.07, 6.45) is 80.1. The van der Waals surface area contributed by atoms with E-state index in [9.17, 15) is 19.5 Å². The third-order valence-electron chi connectivity index (χ3n) is 15.0. The van der Waals surface area contributed by atoms with E-state index in [1.807, 2.05) is 21.1 Å². The number of esters is 2. The van der Waals surface area contributed by atoms with E-state index in [1.165, 1.54) is 205 Å². The topological polar surface area (TPSA) is 108 Å². The maximum absolute atomic E-state index is 12.9. The highest BCUT2D eigenvalue weighted by atomic mass is 16.7. The molecule has 0 fully saturated rings. The van der Waals surface area contributed by atoms with Crippen molar-refractivity contribution in [2.45, 2.75) is 322 Å². The zero-order valence-electron chi connectivity index (χ0n) is 53.7. The van der Waals surface area contributed by atoms with Crippen molar-refractivity contribution < 1.29 is 42.9 Å². The van der Waals surface area contributed by atoms with Crippen molar-refractivity contribution in [1.82, 2.24) is 0 Å². The van der Waals surface area contributed by atoms with Gasteiger partial charge in [0, 0.05) is 12.8 Å². The molecule has 0 aliphatic rings. The second-order valence-corrected chi connectivity index (χ2v) is 24.1. The minimum absolute atomic E-state index is 0.179. The Bertz CT molecular complexity index is 1560. The van der Waals surface area contributed by atoms with Gasteiger partial charge >= 0.3 is 17.9 Å². The number of hydrogen-bond acceptors (Lipinski definition) is 7. The van der Waals surface area contributed by atoms with E-state index in [0.717, 1.165) is 77.0 Å². The molecule has 470 valence electrons. The van der Waals surface area contributed by atoms with Gasteiger partial charge in [0.25, 0.3) is 6.29 Å². The predicted octanol–water partition coefficient (Wildman–Crippen LogP) is 20.9. The lowest BCUT2D eigenvalue weighted by atomic mass is 10.0. The molecule has 2 unspecified atom stereocenters. The largest absolute Gasteiger partial charge is 0.477 e. The van der Waals surface area contributed by atoms with Crippen LogP contribution in [-0.4, -0.2) is 87.4 Å². The molecule has 0 bridgehead atoms. The molecule has 0 saturated heterocycles. The Kier molecular flexibility index (Phi) is 60.2. The smallest absolute Gasteiger partial charge is 0.361 e. The number of rotatable bonds is 63. The van der Waals surface area contributed by atoms with Gasteiger partial charge in [0.2, 0.25) is 0 Å². The molecule has 81 heavy (non-hydrogen) atoms. The Morgan fingerprint density at radius 3 is 1.05 bits per heavy atom. The molecular weight excluding hydrogens is 1010 g/mol. The Hall–Kier alpha value is -3.27. The third-order valence-corrected chi connectivity index (χ3v) is 15.0. The van der Waals surface area contributed by atoms with Crippen LogP contribution in [0.15, 0.2) is 72.9 Å². The van der Waals surface area contributed by atoms with E-state index in [1.54, 1.807) is 0 Å². The van der Waals surface area contributed by atoms with Gasteiger partial charge in [0.15, 0.2) is 6.10 Å². The summed E-state index contributed by atoms with van der Waals surface area (Å²) in [5.74, 6) is -1.99. The molecule has 0 rings (SSSR count). The van der Waals surface area contributed by atoms with Crippen LogP contribution in [-0.2, 0) is 33.3 Å². The van der Waals surface area contributed by atoms with Crippen molar-refractivity contribution in [2.75, 3.05) is 47.5 Å². The Balaban J connectivity index is 4.08. The Morgan fingerprint density at radius 2 is 0.704 bits per heavy atom. The van der Waals surface area contributed by atoms with Crippen LogP contribution >= 0.6 is 0 Å². The number of hydrogen-bond donors (Lipinski definition) is 1. The lowest BCUT2D eigenvalue weighted by Crippen LogP contribution is -2.40. The van der Waals surface area contributed by atoms with Crippen molar-refractivity contribution in [2.24, 2.45) is 0 Å². The summed E-state index contributed by atoms with van der Waals surface area (Å²) < 4.78 is 23.0. The van der Waals surface area contributed by atoms with E-state index in [0.29, 0.717) is 17.4 Å². The number of carboxylic acid groups (broad SMARTS) is 1. The van der Waals surface area contributed by atoms with Crippen molar-refractivity contribution >= 4 is 17.9 Å². The molecule has 0 aliphatic carbocycles. The molecule has 0 aliphatic heterocycles. The van der Waals surface area contributed by atoms with Gasteiger partial charge in [-0.3, -0.25) is 9.59 Å². The lowest BCUT2D eigenvalue weighted by molar-refractivity contribution is -0.870. The van der Waals surface area contributed by atoms with Gasteiger partial charge in [-0.25, -0.2) is 4.79 Å². The quantitative estimate of drug-likeness (QED) is 0.0211. The van der Waals surface area contributed by atoms with E-state index >= 15 is 0 Å². The number of likely N-dealkylation sites (N-methyl/N-ethyl adjacent to an activating group) is 1. The van der Waals surface area contributed by atoms with Gasteiger partial charge in [-0.2, -0.15) is 0 Å².